The Labute approximate surface area is 135 Å². The standard InChI is InChI=1S/C17H22N2O2S/c1-12-11-15(20)19-16(18-12)22-10-9-21-14-7-5-13(6-8-14)17(2,3)4/h5-8,11H,9-10H2,1-4H3,(H,18,19,20). The molecule has 0 saturated carbocycles. The lowest BCUT2D eigenvalue weighted by Gasteiger charge is -2.19. The van der Waals surface area contributed by atoms with E-state index >= 15 is 0 Å². The van der Waals surface area contributed by atoms with Crippen LogP contribution in [0.3, 0.4) is 0 Å². The van der Waals surface area contributed by atoms with Crippen LogP contribution in [-0.4, -0.2) is 22.3 Å². The van der Waals surface area contributed by atoms with Gasteiger partial charge in [0.1, 0.15) is 5.75 Å². The van der Waals surface area contributed by atoms with Crippen LogP contribution in [0.5, 0.6) is 5.75 Å². The minimum Gasteiger partial charge on any atom is -0.493 e. The molecule has 0 fully saturated rings. The molecule has 5 heteroatoms. The molecule has 0 radical (unpaired) electrons. The van der Waals surface area contributed by atoms with Crippen molar-refractivity contribution in [3.63, 3.8) is 0 Å². The average Bonchev–Trinajstić information content (AvgIpc) is 2.42. The smallest absolute Gasteiger partial charge is 0.251 e. The Hall–Kier alpha value is -1.75. The summed E-state index contributed by atoms with van der Waals surface area (Å²) in [6.45, 7) is 8.95. The Morgan fingerprint density at radius 2 is 1.91 bits per heavy atom. The van der Waals surface area contributed by atoms with E-state index in [1.807, 2.05) is 19.1 Å². The summed E-state index contributed by atoms with van der Waals surface area (Å²) in [5.41, 5.74) is 2.05. The number of nitrogens with zero attached hydrogens (tertiary/aromatic N) is 1. The summed E-state index contributed by atoms with van der Waals surface area (Å²) in [6, 6.07) is 9.68. The number of rotatable bonds is 5. The second kappa shape index (κ2) is 7.01. The Kier molecular flexibility index (Phi) is 5.29. The predicted molar refractivity (Wildman–Crippen MR) is 91.0 cm³/mol. The second-order valence-electron chi connectivity index (χ2n) is 6.16. The van der Waals surface area contributed by atoms with E-state index in [-0.39, 0.29) is 11.0 Å². The van der Waals surface area contributed by atoms with Gasteiger partial charge in [0.25, 0.3) is 5.56 Å². The van der Waals surface area contributed by atoms with Crippen molar-refractivity contribution in [1.82, 2.24) is 9.97 Å². The van der Waals surface area contributed by atoms with Gasteiger partial charge >= 0.3 is 0 Å². The number of hydrogen-bond donors (Lipinski definition) is 1. The molecule has 1 N–H and O–H groups in total. The van der Waals surface area contributed by atoms with Crippen molar-refractivity contribution >= 4 is 11.8 Å². The van der Waals surface area contributed by atoms with Gasteiger partial charge in [0.05, 0.1) is 6.61 Å². The number of H-pyrrole nitrogens is 1. The molecule has 0 spiro atoms. The van der Waals surface area contributed by atoms with E-state index in [0.29, 0.717) is 11.8 Å². The van der Waals surface area contributed by atoms with Gasteiger partial charge < -0.3 is 9.72 Å². The number of benzene rings is 1. The number of aromatic nitrogens is 2. The summed E-state index contributed by atoms with van der Waals surface area (Å²) in [7, 11) is 0. The first-order valence-electron chi connectivity index (χ1n) is 7.29. The number of thioether (sulfide) groups is 1. The highest BCUT2D eigenvalue weighted by molar-refractivity contribution is 7.99. The van der Waals surface area contributed by atoms with E-state index in [2.05, 4.69) is 42.9 Å². The quantitative estimate of drug-likeness (QED) is 0.520. The molecule has 0 aliphatic carbocycles. The molecule has 1 heterocycles. The Morgan fingerprint density at radius 1 is 1.23 bits per heavy atom. The molecule has 2 rings (SSSR count). The highest BCUT2D eigenvalue weighted by Crippen LogP contribution is 2.24. The summed E-state index contributed by atoms with van der Waals surface area (Å²) in [4.78, 5) is 18.3. The number of ether oxygens (including phenoxy) is 1. The predicted octanol–water partition coefficient (Wildman–Crippen LogP) is 3.55. The highest BCUT2D eigenvalue weighted by atomic mass is 32.2. The number of nitrogens with one attached hydrogen (secondary N) is 1. The zero-order valence-electron chi connectivity index (χ0n) is 13.5. The summed E-state index contributed by atoms with van der Waals surface area (Å²) < 4.78 is 5.72. The molecule has 4 nitrogen and oxygen atoms in total. The van der Waals surface area contributed by atoms with Gasteiger partial charge in [-0.25, -0.2) is 4.98 Å². The van der Waals surface area contributed by atoms with Crippen molar-refractivity contribution in [3.05, 3.63) is 51.9 Å². The molecule has 1 aromatic heterocycles. The van der Waals surface area contributed by atoms with Gasteiger partial charge in [0.15, 0.2) is 5.16 Å². The van der Waals surface area contributed by atoms with Crippen molar-refractivity contribution in [3.8, 4) is 5.75 Å². The van der Waals surface area contributed by atoms with Crippen molar-refractivity contribution in [1.29, 1.82) is 0 Å². The van der Waals surface area contributed by atoms with Gasteiger partial charge in [0, 0.05) is 17.5 Å². The highest BCUT2D eigenvalue weighted by Gasteiger charge is 2.12. The lowest BCUT2D eigenvalue weighted by atomic mass is 9.87. The molecule has 0 atom stereocenters. The lowest BCUT2D eigenvalue weighted by molar-refractivity contribution is 0.343. The van der Waals surface area contributed by atoms with Crippen molar-refractivity contribution in [2.24, 2.45) is 0 Å². The first kappa shape index (κ1) is 16.6. The maximum Gasteiger partial charge on any atom is 0.251 e. The van der Waals surface area contributed by atoms with E-state index in [4.69, 9.17) is 4.74 Å². The fourth-order valence-electron chi connectivity index (χ4n) is 1.97. The van der Waals surface area contributed by atoms with Crippen LogP contribution in [0.25, 0.3) is 0 Å². The molecule has 0 saturated heterocycles. The van der Waals surface area contributed by atoms with Crippen LogP contribution in [0.1, 0.15) is 32.0 Å². The molecule has 0 bridgehead atoms. The lowest BCUT2D eigenvalue weighted by Crippen LogP contribution is -2.11. The minimum absolute atomic E-state index is 0.117. The molecule has 0 aliphatic heterocycles. The van der Waals surface area contributed by atoms with Crippen molar-refractivity contribution < 1.29 is 4.74 Å². The summed E-state index contributed by atoms with van der Waals surface area (Å²) in [6.07, 6.45) is 0. The van der Waals surface area contributed by atoms with Crippen LogP contribution in [0.4, 0.5) is 0 Å². The number of hydrogen-bond acceptors (Lipinski definition) is 4. The van der Waals surface area contributed by atoms with E-state index in [1.54, 1.807) is 0 Å². The topological polar surface area (TPSA) is 55.0 Å². The van der Waals surface area contributed by atoms with Gasteiger partial charge in [-0.15, -0.1) is 0 Å². The maximum atomic E-state index is 11.3. The Balaban J connectivity index is 1.82. The normalized spacial score (nSPS) is 11.5. The summed E-state index contributed by atoms with van der Waals surface area (Å²) >= 11 is 1.48. The molecule has 1 aromatic carbocycles. The fourth-order valence-corrected chi connectivity index (χ4v) is 2.71. The third kappa shape index (κ3) is 4.91. The molecular formula is C17H22N2O2S. The van der Waals surface area contributed by atoms with E-state index < -0.39 is 0 Å². The Bertz CT molecular complexity index is 672. The maximum absolute atomic E-state index is 11.3. The van der Waals surface area contributed by atoms with Crippen molar-refractivity contribution in [2.45, 2.75) is 38.3 Å². The second-order valence-corrected chi connectivity index (χ2v) is 7.25. The number of aryl methyl sites for hydroxylation is 1. The first-order chi connectivity index (χ1) is 10.3. The molecular weight excluding hydrogens is 296 g/mol. The fraction of sp³-hybridized carbons (Fsp3) is 0.412. The van der Waals surface area contributed by atoms with E-state index in [1.165, 1.54) is 23.4 Å². The average molecular weight is 318 g/mol. The van der Waals surface area contributed by atoms with Gasteiger partial charge in [0.2, 0.25) is 0 Å². The summed E-state index contributed by atoms with van der Waals surface area (Å²) in [5.74, 6) is 1.59. The number of aromatic amines is 1. The third-order valence-corrected chi connectivity index (χ3v) is 4.00. The first-order valence-corrected chi connectivity index (χ1v) is 8.27. The molecule has 22 heavy (non-hydrogen) atoms. The van der Waals surface area contributed by atoms with E-state index in [9.17, 15) is 4.79 Å². The van der Waals surface area contributed by atoms with Crippen LogP contribution in [0.15, 0.2) is 40.3 Å². The van der Waals surface area contributed by atoms with Crippen LogP contribution in [0.2, 0.25) is 0 Å². The van der Waals surface area contributed by atoms with Gasteiger partial charge in [-0.05, 0) is 30.0 Å². The van der Waals surface area contributed by atoms with Crippen LogP contribution >= 0.6 is 11.8 Å². The molecule has 0 aliphatic rings. The Morgan fingerprint density at radius 3 is 2.50 bits per heavy atom. The van der Waals surface area contributed by atoms with Crippen LogP contribution in [-0.2, 0) is 5.41 Å². The molecule has 0 amide bonds. The monoisotopic (exact) mass is 318 g/mol. The zero-order chi connectivity index (χ0) is 16.2. The SMILES string of the molecule is Cc1cc(=O)[nH]c(SCCOc2ccc(C(C)(C)C)cc2)n1. The van der Waals surface area contributed by atoms with Gasteiger partial charge in [-0.3, -0.25) is 4.79 Å². The molecule has 118 valence electrons. The summed E-state index contributed by atoms with van der Waals surface area (Å²) in [5, 5.41) is 0.636. The molecule has 2 aromatic rings. The largest absolute Gasteiger partial charge is 0.493 e. The zero-order valence-corrected chi connectivity index (χ0v) is 14.3. The van der Waals surface area contributed by atoms with Crippen LogP contribution < -0.4 is 10.3 Å². The molecule has 0 unspecified atom stereocenters. The van der Waals surface area contributed by atoms with Gasteiger partial charge in [-0.2, -0.15) is 0 Å². The minimum atomic E-state index is -0.117. The third-order valence-electron chi connectivity index (χ3n) is 3.16. The van der Waals surface area contributed by atoms with Gasteiger partial charge in [-0.1, -0.05) is 44.7 Å². The van der Waals surface area contributed by atoms with Crippen molar-refractivity contribution in [2.75, 3.05) is 12.4 Å². The van der Waals surface area contributed by atoms with E-state index in [0.717, 1.165) is 17.2 Å². The van der Waals surface area contributed by atoms with Crippen LogP contribution in [0, 0.1) is 6.92 Å².